The minimum Gasteiger partial charge on any atom is -0.390 e. The van der Waals surface area contributed by atoms with Crippen molar-refractivity contribution in [3.8, 4) is 0 Å². The largest absolute Gasteiger partial charge is 0.430 e. The highest BCUT2D eigenvalue weighted by Crippen LogP contribution is 2.51. The molecule has 42 heavy (non-hydrogen) atoms. The molecule has 232 valence electrons. The molecule has 0 saturated carbocycles. The quantitative estimate of drug-likeness (QED) is 0.411. The molecule has 1 amide bonds. The van der Waals surface area contributed by atoms with Crippen molar-refractivity contribution in [3.05, 3.63) is 59.2 Å². The molecule has 3 N–H and O–H groups in total. The number of hydrogen-bond acceptors (Lipinski definition) is 7. The molecular weight excluding hydrogens is 618 g/mol. The number of benzene rings is 2. The normalized spacial score (nSPS) is 23.0. The molecule has 9 nitrogen and oxygen atoms in total. The second-order valence-electron chi connectivity index (χ2n) is 10.4. The summed E-state index contributed by atoms with van der Waals surface area (Å²) in [5, 5.41) is 22.2. The summed E-state index contributed by atoms with van der Waals surface area (Å²) in [5.74, 6) is -1.94. The zero-order valence-corrected chi connectivity index (χ0v) is 23.4. The second kappa shape index (κ2) is 10.7. The zero-order valence-electron chi connectivity index (χ0n) is 21.8. The number of aryl methyl sites for hydroxylation is 2. The third kappa shape index (κ3) is 5.83. The molecule has 0 spiro atoms. The Balaban J connectivity index is 1.76. The van der Waals surface area contributed by atoms with Gasteiger partial charge in [0.1, 0.15) is 0 Å². The van der Waals surface area contributed by atoms with E-state index in [0.29, 0.717) is 17.7 Å². The fraction of sp³-hybridized carbons (Fsp3) is 0.480. The molecule has 1 saturated heterocycles. The number of carbonyl (C=O) groups is 1. The highest BCUT2D eigenvalue weighted by atomic mass is 32.2. The lowest BCUT2D eigenvalue weighted by molar-refractivity contribution is -0.376. The van der Waals surface area contributed by atoms with Crippen LogP contribution in [0, 0.1) is 6.92 Å². The minimum atomic E-state index is -6.15. The van der Waals surface area contributed by atoms with Gasteiger partial charge in [-0.05, 0) is 43.5 Å². The fourth-order valence-corrected chi connectivity index (χ4v) is 8.59. The summed E-state index contributed by atoms with van der Waals surface area (Å²) in [6.07, 6.45) is -14.7. The van der Waals surface area contributed by atoms with Gasteiger partial charge in [0.25, 0.3) is 15.6 Å². The van der Waals surface area contributed by atoms with Crippen LogP contribution in [0.1, 0.15) is 29.5 Å². The van der Waals surface area contributed by atoms with Gasteiger partial charge in [-0.25, -0.2) is 16.8 Å². The summed E-state index contributed by atoms with van der Waals surface area (Å²) in [7, 11) is -8.17. The lowest BCUT2D eigenvalue weighted by Gasteiger charge is -2.39. The number of halogens is 6. The maximum atomic E-state index is 13.8. The first-order valence-electron chi connectivity index (χ1n) is 12.5. The van der Waals surface area contributed by atoms with Crippen molar-refractivity contribution in [2.24, 2.45) is 0 Å². The highest BCUT2D eigenvalue weighted by molar-refractivity contribution is 7.93. The lowest BCUT2D eigenvalue weighted by Crippen LogP contribution is -2.54. The van der Waals surface area contributed by atoms with Crippen LogP contribution in [-0.4, -0.2) is 75.0 Å². The Bertz CT molecular complexity index is 1560. The van der Waals surface area contributed by atoms with Crippen molar-refractivity contribution in [2.45, 2.75) is 67.2 Å². The van der Waals surface area contributed by atoms with Gasteiger partial charge in [0, 0.05) is 12.0 Å². The maximum absolute atomic E-state index is 13.8. The van der Waals surface area contributed by atoms with Gasteiger partial charge in [0.15, 0.2) is 9.84 Å². The first kappa shape index (κ1) is 32.0. The molecule has 2 heterocycles. The molecular formula is C25H26F6N2O7S2. The highest BCUT2D eigenvalue weighted by Gasteiger charge is 2.71. The van der Waals surface area contributed by atoms with E-state index in [2.05, 4.69) is 5.32 Å². The first-order chi connectivity index (χ1) is 19.2. The van der Waals surface area contributed by atoms with Crippen LogP contribution in [0.15, 0.2) is 47.4 Å². The molecule has 4 rings (SSSR count). The number of carbonyl (C=O) groups excluding carboxylic acids is 1. The van der Waals surface area contributed by atoms with Gasteiger partial charge in [-0.1, -0.05) is 29.8 Å². The van der Waals surface area contributed by atoms with E-state index in [9.17, 15) is 58.2 Å². The van der Waals surface area contributed by atoms with Crippen LogP contribution in [-0.2, 0) is 36.7 Å². The average molecular weight is 645 g/mol. The number of nitrogens with one attached hydrogen (secondary N) is 1. The van der Waals surface area contributed by atoms with Crippen LogP contribution in [0.2, 0.25) is 0 Å². The number of sulfonamides is 1. The monoisotopic (exact) mass is 644 g/mol. The van der Waals surface area contributed by atoms with Crippen molar-refractivity contribution >= 4 is 31.5 Å². The van der Waals surface area contributed by atoms with Crippen molar-refractivity contribution in [2.75, 3.05) is 15.8 Å². The Hall–Kier alpha value is -2.89. The Morgan fingerprint density at radius 3 is 2.14 bits per heavy atom. The second-order valence-corrected chi connectivity index (χ2v) is 14.3. The number of amides is 1. The lowest BCUT2D eigenvalue weighted by atomic mass is 9.87. The van der Waals surface area contributed by atoms with Gasteiger partial charge in [0.2, 0.25) is 5.91 Å². The Labute approximate surface area is 237 Å². The number of sulfone groups is 1. The molecule has 2 aromatic carbocycles. The summed E-state index contributed by atoms with van der Waals surface area (Å²) in [6, 6.07) is 4.60. The number of aliphatic hydroxyl groups excluding tert-OH is 1. The topological polar surface area (TPSA) is 141 Å². The van der Waals surface area contributed by atoms with Crippen molar-refractivity contribution in [3.63, 3.8) is 0 Å². The van der Waals surface area contributed by atoms with E-state index in [0.717, 1.165) is 10.4 Å². The number of rotatable bonds is 6. The Kier molecular flexibility index (Phi) is 8.14. The van der Waals surface area contributed by atoms with Gasteiger partial charge < -0.3 is 15.5 Å². The molecule has 0 bridgehead atoms. The third-order valence-electron chi connectivity index (χ3n) is 7.30. The standard InChI is InChI=1S/C25H26F6N2O7S2/c1-14-2-7-18(8-3-14)42(39,40)33-17(11-22(35)32-19-12-41(37,38)13-21(19)34)6-4-15-10-16(5-9-20(15)33)23(36,24(26,27)28)25(29,30)31/h2-3,5,7-10,17,19,21,34,36H,4,6,11-13H2,1H3,(H,32,35). The summed E-state index contributed by atoms with van der Waals surface area (Å²) in [6.45, 7) is 1.68. The smallest absolute Gasteiger partial charge is 0.390 e. The molecule has 0 aliphatic carbocycles. The van der Waals surface area contributed by atoms with Crippen LogP contribution < -0.4 is 9.62 Å². The van der Waals surface area contributed by atoms with Crippen LogP contribution in [0.3, 0.4) is 0 Å². The summed E-state index contributed by atoms with van der Waals surface area (Å²) >= 11 is 0. The summed E-state index contributed by atoms with van der Waals surface area (Å²) < 4.78 is 133. The molecule has 0 radical (unpaired) electrons. The fourth-order valence-electron chi connectivity index (χ4n) is 5.13. The zero-order chi connectivity index (χ0) is 31.5. The predicted octanol–water partition coefficient (Wildman–Crippen LogP) is 2.48. The van der Waals surface area contributed by atoms with Crippen LogP contribution in [0.5, 0.6) is 0 Å². The van der Waals surface area contributed by atoms with E-state index in [-0.39, 0.29) is 29.0 Å². The molecule has 1 fully saturated rings. The predicted molar refractivity (Wildman–Crippen MR) is 137 cm³/mol. The van der Waals surface area contributed by atoms with E-state index >= 15 is 0 Å². The number of nitrogens with zero attached hydrogens (tertiary/aromatic N) is 1. The number of alkyl halides is 6. The summed E-state index contributed by atoms with van der Waals surface area (Å²) in [5.41, 5.74) is -6.63. The maximum Gasteiger partial charge on any atom is 0.430 e. The van der Waals surface area contributed by atoms with Gasteiger partial charge in [0.05, 0.1) is 40.3 Å². The van der Waals surface area contributed by atoms with E-state index in [4.69, 9.17) is 0 Å². The number of hydrogen-bond donors (Lipinski definition) is 3. The van der Waals surface area contributed by atoms with Crippen LogP contribution in [0.25, 0.3) is 0 Å². The SMILES string of the molecule is Cc1ccc(S(=O)(=O)N2c3ccc(C(O)(C(F)(F)F)C(F)(F)F)cc3CCC2CC(=O)NC2CS(=O)(=O)CC2O)cc1. The minimum absolute atomic E-state index is 0.225. The van der Waals surface area contributed by atoms with E-state index < -0.39 is 85.4 Å². The van der Waals surface area contributed by atoms with E-state index in [1.807, 2.05) is 0 Å². The molecule has 17 heteroatoms. The molecule has 2 aliphatic rings. The molecule has 0 aromatic heterocycles. The van der Waals surface area contributed by atoms with E-state index in [1.54, 1.807) is 6.92 Å². The molecule has 2 aromatic rings. The first-order valence-corrected chi connectivity index (χ1v) is 15.7. The van der Waals surface area contributed by atoms with Gasteiger partial charge in [-0.2, -0.15) is 26.3 Å². The molecule has 2 aliphatic heterocycles. The Morgan fingerprint density at radius 1 is 1.02 bits per heavy atom. The molecule has 3 unspecified atom stereocenters. The Morgan fingerprint density at radius 2 is 1.62 bits per heavy atom. The van der Waals surface area contributed by atoms with Gasteiger partial charge in [-0.3, -0.25) is 9.10 Å². The number of aliphatic hydroxyl groups is 2. The molecule has 3 atom stereocenters. The van der Waals surface area contributed by atoms with Gasteiger partial charge in [-0.15, -0.1) is 0 Å². The van der Waals surface area contributed by atoms with Gasteiger partial charge >= 0.3 is 12.4 Å². The van der Waals surface area contributed by atoms with Crippen molar-refractivity contribution in [1.82, 2.24) is 5.32 Å². The number of fused-ring (bicyclic) bond motifs is 1. The number of anilines is 1. The van der Waals surface area contributed by atoms with Crippen molar-refractivity contribution in [1.29, 1.82) is 0 Å². The van der Waals surface area contributed by atoms with Crippen LogP contribution in [0.4, 0.5) is 32.0 Å². The third-order valence-corrected chi connectivity index (χ3v) is 10.9. The van der Waals surface area contributed by atoms with Crippen LogP contribution >= 0.6 is 0 Å². The van der Waals surface area contributed by atoms with E-state index in [1.165, 1.54) is 24.3 Å². The average Bonchev–Trinajstić information content (AvgIpc) is 3.12. The van der Waals surface area contributed by atoms with Crippen molar-refractivity contribution < 1.29 is 58.2 Å². The summed E-state index contributed by atoms with van der Waals surface area (Å²) in [4.78, 5) is 12.6.